The summed E-state index contributed by atoms with van der Waals surface area (Å²) in [4.78, 5) is 25.1. The molecule has 0 aromatic heterocycles. The van der Waals surface area contributed by atoms with Crippen LogP contribution in [0.5, 0.6) is 0 Å². The number of nitrogens with one attached hydrogen (secondary N) is 2. The van der Waals surface area contributed by atoms with Crippen LogP contribution < -0.4 is 15.5 Å². The second-order valence-electron chi connectivity index (χ2n) is 5.09. The van der Waals surface area contributed by atoms with Crippen molar-refractivity contribution in [3.63, 3.8) is 0 Å². The van der Waals surface area contributed by atoms with Crippen molar-refractivity contribution in [2.45, 2.75) is 12.8 Å². The fraction of sp³-hybridized carbons (Fsp3) is 0.429. The summed E-state index contributed by atoms with van der Waals surface area (Å²) >= 11 is 6.16. The van der Waals surface area contributed by atoms with Gasteiger partial charge in [-0.15, -0.1) is 0 Å². The smallest absolute Gasteiger partial charge is 0.229 e. The first-order valence-corrected chi connectivity index (χ1v) is 6.89. The van der Waals surface area contributed by atoms with Gasteiger partial charge < -0.3 is 15.5 Å². The first-order valence-electron chi connectivity index (χ1n) is 6.52. The van der Waals surface area contributed by atoms with Crippen LogP contribution in [0, 0.1) is 5.92 Å². The van der Waals surface area contributed by atoms with Crippen molar-refractivity contribution in [1.82, 2.24) is 5.32 Å². The molecule has 108 valence electrons. The Morgan fingerprint density at radius 3 is 2.75 bits per heavy atom. The van der Waals surface area contributed by atoms with Crippen molar-refractivity contribution < 1.29 is 9.59 Å². The number of anilines is 2. The Morgan fingerprint density at radius 2 is 2.20 bits per heavy atom. The normalized spacial score (nSPS) is 18.4. The number of hydrogen-bond acceptors (Lipinski definition) is 3. The van der Waals surface area contributed by atoms with E-state index >= 15 is 0 Å². The first-order chi connectivity index (χ1) is 9.47. The number of benzene rings is 1. The SMILES string of the molecule is CN(C)c1ccc(NC(=O)C2CCC(=O)NC2)cc1Cl. The van der Waals surface area contributed by atoms with Crippen molar-refractivity contribution in [2.75, 3.05) is 30.9 Å². The maximum Gasteiger partial charge on any atom is 0.229 e. The molecule has 0 bridgehead atoms. The van der Waals surface area contributed by atoms with Crippen LogP contribution in [0.1, 0.15) is 12.8 Å². The van der Waals surface area contributed by atoms with E-state index in [1.165, 1.54) is 0 Å². The Kier molecular flexibility index (Phi) is 4.49. The van der Waals surface area contributed by atoms with E-state index in [0.717, 1.165) is 5.69 Å². The lowest BCUT2D eigenvalue weighted by Crippen LogP contribution is -2.40. The highest BCUT2D eigenvalue weighted by Gasteiger charge is 2.24. The molecule has 1 aromatic carbocycles. The molecule has 1 atom stereocenters. The number of hydrogen-bond donors (Lipinski definition) is 2. The Morgan fingerprint density at radius 1 is 1.45 bits per heavy atom. The highest BCUT2D eigenvalue weighted by Crippen LogP contribution is 2.27. The molecule has 1 fully saturated rings. The molecule has 0 saturated carbocycles. The van der Waals surface area contributed by atoms with Crippen LogP contribution in [0.4, 0.5) is 11.4 Å². The van der Waals surface area contributed by atoms with Crippen LogP contribution in [0.25, 0.3) is 0 Å². The highest BCUT2D eigenvalue weighted by atomic mass is 35.5. The highest BCUT2D eigenvalue weighted by molar-refractivity contribution is 6.33. The van der Waals surface area contributed by atoms with E-state index in [4.69, 9.17) is 11.6 Å². The van der Waals surface area contributed by atoms with Gasteiger partial charge in [-0.3, -0.25) is 9.59 Å². The van der Waals surface area contributed by atoms with Gasteiger partial charge in [0.25, 0.3) is 0 Å². The molecular weight excluding hydrogens is 278 g/mol. The van der Waals surface area contributed by atoms with Crippen LogP contribution in [0.15, 0.2) is 18.2 Å². The van der Waals surface area contributed by atoms with Crippen molar-refractivity contribution in [3.05, 3.63) is 23.2 Å². The zero-order valence-electron chi connectivity index (χ0n) is 11.6. The number of halogens is 1. The minimum absolute atomic E-state index is 0.00688. The van der Waals surface area contributed by atoms with Gasteiger partial charge in [-0.1, -0.05) is 11.6 Å². The molecule has 1 aliphatic heterocycles. The standard InChI is InChI=1S/C14H18ClN3O2/c1-18(2)12-5-4-10(7-11(12)15)17-14(20)9-3-6-13(19)16-8-9/h4-5,7,9H,3,6,8H2,1-2H3,(H,16,19)(H,17,20). The van der Waals surface area contributed by atoms with E-state index in [0.29, 0.717) is 30.1 Å². The van der Waals surface area contributed by atoms with Crippen LogP contribution in [0.2, 0.25) is 5.02 Å². The molecule has 0 radical (unpaired) electrons. The summed E-state index contributed by atoms with van der Waals surface area (Å²) in [5, 5.41) is 6.13. The predicted molar refractivity (Wildman–Crippen MR) is 80.1 cm³/mol. The molecule has 6 heteroatoms. The molecular formula is C14H18ClN3O2. The monoisotopic (exact) mass is 295 g/mol. The van der Waals surface area contributed by atoms with Gasteiger partial charge in [0, 0.05) is 32.7 Å². The Balaban J connectivity index is 2.01. The quantitative estimate of drug-likeness (QED) is 0.895. The number of carbonyl (C=O) groups is 2. The molecule has 1 saturated heterocycles. The van der Waals surface area contributed by atoms with E-state index in [2.05, 4.69) is 10.6 Å². The summed E-state index contributed by atoms with van der Waals surface area (Å²) in [5.74, 6) is -0.258. The third kappa shape index (κ3) is 3.42. The predicted octanol–water partition coefficient (Wildman–Crippen LogP) is 1.87. The molecule has 1 aliphatic rings. The fourth-order valence-electron chi connectivity index (χ4n) is 2.15. The molecule has 2 N–H and O–H groups in total. The molecule has 1 heterocycles. The van der Waals surface area contributed by atoms with Crippen molar-refractivity contribution >= 4 is 34.8 Å². The van der Waals surface area contributed by atoms with Crippen LogP contribution in [-0.2, 0) is 9.59 Å². The zero-order chi connectivity index (χ0) is 14.7. The van der Waals surface area contributed by atoms with E-state index < -0.39 is 0 Å². The van der Waals surface area contributed by atoms with E-state index in [1.807, 2.05) is 31.1 Å². The Labute approximate surface area is 123 Å². The third-order valence-corrected chi connectivity index (χ3v) is 3.64. The van der Waals surface area contributed by atoms with Crippen molar-refractivity contribution in [1.29, 1.82) is 0 Å². The molecule has 2 amide bonds. The Bertz CT molecular complexity index is 521. The summed E-state index contributed by atoms with van der Waals surface area (Å²) in [6.07, 6.45) is 0.986. The van der Waals surface area contributed by atoms with E-state index in [1.54, 1.807) is 6.07 Å². The maximum absolute atomic E-state index is 12.1. The molecule has 0 spiro atoms. The van der Waals surface area contributed by atoms with Gasteiger partial charge in [0.05, 0.1) is 16.6 Å². The summed E-state index contributed by atoms with van der Waals surface area (Å²) in [5.41, 5.74) is 1.57. The van der Waals surface area contributed by atoms with Gasteiger partial charge in [-0.2, -0.15) is 0 Å². The summed E-state index contributed by atoms with van der Waals surface area (Å²) < 4.78 is 0. The average molecular weight is 296 g/mol. The van der Waals surface area contributed by atoms with Gasteiger partial charge >= 0.3 is 0 Å². The van der Waals surface area contributed by atoms with Gasteiger partial charge in [-0.05, 0) is 24.6 Å². The molecule has 5 nitrogen and oxygen atoms in total. The number of nitrogens with zero attached hydrogens (tertiary/aromatic N) is 1. The zero-order valence-corrected chi connectivity index (χ0v) is 12.3. The summed E-state index contributed by atoms with van der Waals surface area (Å²) in [6.45, 7) is 0.397. The topological polar surface area (TPSA) is 61.4 Å². The lowest BCUT2D eigenvalue weighted by Gasteiger charge is -2.22. The minimum Gasteiger partial charge on any atom is -0.376 e. The molecule has 20 heavy (non-hydrogen) atoms. The van der Waals surface area contributed by atoms with Gasteiger partial charge in [0.2, 0.25) is 11.8 Å². The number of piperidine rings is 1. The van der Waals surface area contributed by atoms with Crippen LogP contribution >= 0.6 is 11.6 Å². The van der Waals surface area contributed by atoms with Gasteiger partial charge in [-0.25, -0.2) is 0 Å². The number of carbonyl (C=O) groups excluding carboxylic acids is 2. The second-order valence-corrected chi connectivity index (χ2v) is 5.50. The second kappa shape index (κ2) is 6.13. The van der Waals surface area contributed by atoms with Crippen molar-refractivity contribution in [3.8, 4) is 0 Å². The molecule has 1 unspecified atom stereocenters. The third-order valence-electron chi connectivity index (χ3n) is 3.33. The summed E-state index contributed by atoms with van der Waals surface area (Å²) in [7, 11) is 3.81. The summed E-state index contributed by atoms with van der Waals surface area (Å²) in [6, 6.07) is 5.41. The number of amides is 2. The Hall–Kier alpha value is -1.75. The van der Waals surface area contributed by atoms with Crippen molar-refractivity contribution in [2.24, 2.45) is 5.92 Å². The largest absolute Gasteiger partial charge is 0.376 e. The fourth-order valence-corrected chi connectivity index (χ4v) is 2.50. The minimum atomic E-state index is -0.181. The first kappa shape index (κ1) is 14.7. The number of rotatable bonds is 3. The molecule has 0 aliphatic carbocycles. The lowest BCUT2D eigenvalue weighted by molar-refractivity contribution is -0.126. The van der Waals surface area contributed by atoms with Gasteiger partial charge in [0.1, 0.15) is 0 Å². The molecule has 2 rings (SSSR count). The lowest BCUT2D eigenvalue weighted by atomic mass is 9.98. The van der Waals surface area contributed by atoms with E-state index in [-0.39, 0.29) is 17.7 Å². The van der Waals surface area contributed by atoms with E-state index in [9.17, 15) is 9.59 Å². The van der Waals surface area contributed by atoms with Gasteiger partial charge in [0.15, 0.2) is 0 Å². The van der Waals surface area contributed by atoms with Crippen LogP contribution in [-0.4, -0.2) is 32.5 Å². The average Bonchev–Trinajstić information content (AvgIpc) is 2.39. The van der Waals surface area contributed by atoms with Crippen LogP contribution in [0.3, 0.4) is 0 Å². The maximum atomic E-state index is 12.1. The molecule has 1 aromatic rings.